The molecule has 1 aromatic rings. The summed E-state index contributed by atoms with van der Waals surface area (Å²) in [6.07, 6.45) is 1.08. The van der Waals surface area contributed by atoms with E-state index in [4.69, 9.17) is 4.74 Å². The fraction of sp³-hybridized carbons (Fsp3) is 0.625. The smallest absolute Gasteiger partial charge is 0.0489 e. The quantitative estimate of drug-likeness (QED) is 0.712. The minimum atomic E-state index is 0.632. The fourth-order valence-electron chi connectivity index (χ4n) is 1.83. The van der Waals surface area contributed by atoms with E-state index in [0.717, 1.165) is 32.7 Å². The van der Waals surface area contributed by atoms with Crippen LogP contribution in [0.2, 0.25) is 0 Å². The molecule has 2 nitrogen and oxygen atoms in total. The zero-order valence-corrected chi connectivity index (χ0v) is 12.3. The number of hydrogen-bond acceptors (Lipinski definition) is 2. The van der Waals surface area contributed by atoms with Gasteiger partial charge in [0.2, 0.25) is 0 Å². The summed E-state index contributed by atoms with van der Waals surface area (Å²) < 4.78 is 5.55. The summed E-state index contributed by atoms with van der Waals surface area (Å²) in [5, 5.41) is 3.48. The maximum atomic E-state index is 5.55. The van der Waals surface area contributed by atoms with Gasteiger partial charge in [0.05, 0.1) is 0 Å². The largest absolute Gasteiger partial charge is 0.381 e. The molecule has 0 atom stereocenters. The SMILES string of the molecule is Cc1ccc(C)c(CNCCCOCC(C)C)c1. The van der Waals surface area contributed by atoms with Gasteiger partial charge in [0.15, 0.2) is 0 Å². The standard InChI is InChI=1S/C16H27NO/c1-13(2)12-18-9-5-8-17-11-16-10-14(3)6-7-15(16)4/h6-7,10,13,17H,5,8-9,11-12H2,1-4H3. The molecule has 0 heterocycles. The Hall–Kier alpha value is -0.860. The average molecular weight is 249 g/mol. The molecule has 0 unspecified atom stereocenters. The van der Waals surface area contributed by atoms with Crippen LogP contribution in [0.25, 0.3) is 0 Å². The van der Waals surface area contributed by atoms with Gasteiger partial charge in [0.1, 0.15) is 0 Å². The molecule has 102 valence electrons. The molecule has 0 aliphatic rings. The normalized spacial score (nSPS) is 11.2. The van der Waals surface area contributed by atoms with Crippen molar-refractivity contribution in [3.63, 3.8) is 0 Å². The predicted octanol–water partition coefficient (Wildman–Crippen LogP) is 3.46. The average Bonchev–Trinajstić information content (AvgIpc) is 2.32. The van der Waals surface area contributed by atoms with Gasteiger partial charge in [-0.2, -0.15) is 0 Å². The lowest BCUT2D eigenvalue weighted by Crippen LogP contribution is -2.17. The Kier molecular flexibility index (Phi) is 6.99. The molecule has 1 rings (SSSR count). The number of rotatable bonds is 8. The molecule has 0 saturated carbocycles. The summed E-state index contributed by atoms with van der Waals surface area (Å²) in [6.45, 7) is 12.4. The van der Waals surface area contributed by atoms with E-state index in [0.29, 0.717) is 5.92 Å². The summed E-state index contributed by atoms with van der Waals surface area (Å²) in [7, 11) is 0. The highest BCUT2D eigenvalue weighted by atomic mass is 16.5. The maximum Gasteiger partial charge on any atom is 0.0489 e. The van der Waals surface area contributed by atoms with Crippen molar-refractivity contribution in [3.05, 3.63) is 34.9 Å². The molecule has 0 bridgehead atoms. The first-order chi connectivity index (χ1) is 8.59. The number of aryl methyl sites for hydroxylation is 2. The first-order valence-corrected chi connectivity index (χ1v) is 6.94. The molecule has 0 amide bonds. The Labute approximate surface area is 112 Å². The van der Waals surface area contributed by atoms with Crippen LogP contribution in [-0.2, 0) is 11.3 Å². The van der Waals surface area contributed by atoms with Gasteiger partial charge in [0.25, 0.3) is 0 Å². The molecule has 0 spiro atoms. The second kappa shape index (κ2) is 8.28. The van der Waals surface area contributed by atoms with Crippen molar-refractivity contribution in [1.82, 2.24) is 5.32 Å². The molecular weight excluding hydrogens is 222 g/mol. The van der Waals surface area contributed by atoms with Crippen molar-refractivity contribution in [2.24, 2.45) is 5.92 Å². The number of ether oxygens (including phenoxy) is 1. The lowest BCUT2D eigenvalue weighted by atomic mass is 10.1. The number of hydrogen-bond donors (Lipinski definition) is 1. The van der Waals surface area contributed by atoms with Crippen LogP contribution in [0, 0.1) is 19.8 Å². The van der Waals surface area contributed by atoms with Gasteiger partial charge < -0.3 is 10.1 Å². The highest BCUT2D eigenvalue weighted by Crippen LogP contribution is 2.10. The molecule has 0 aliphatic carbocycles. The molecule has 0 radical (unpaired) electrons. The lowest BCUT2D eigenvalue weighted by Gasteiger charge is -2.10. The van der Waals surface area contributed by atoms with Crippen molar-refractivity contribution >= 4 is 0 Å². The molecule has 1 N–H and O–H groups in total. The van der Waals surface area contributed by atoms with E-state index < -0.39 is 0 Å². The molecule has 18 heavy (non-hydrogen) atoms. The lowest BCUT2D eigenvalue weighted by molar-refractivity contribution is 0.108. The Bertz CT molecular complexity index is 347. The van der Waals surface area contributed by atoms with E-state index in [9.17, 15) is 0 Å². The summed E-state index contributed by atoms with van der Waals surface area (Å²) in [5.41, 5.74) is 4.10. The second-order valence-corrected chi connectivity index (χ2v) is 5.43. The van der Waals surface area contributed by atoms with Gasteiger partial charge in [-0.05, 0) is 43.9 Å². The molecule has 2 heteroatoms. The van der Waals surface area contributed by atoms with Crippen LogP contribution in [0.5, 0.6) is 0 Å². The van der Waals surface area contributed by atoms with E-state index in [1.807, 2.05) is 0 Å². The van der Waals surface area contributed by atoms with Gasteiger partial charge >= 0.3 is 0 Å². The molecule has 0 fully saturated rings. The molecule has 0 aromatic heterocycles. The summed E-state index contributed by atoms with van der Waals surface area (Å²) >= 11 is 0. The monoisotopic (exact) mass is 249 g/mol. The third kappa shape index (κ3) is 6.18. The highest BCUT2D eigenvalue weighted by Gasteiger charge is 1.98. The van der Waals surface area contributed by atoms with E-state index in [-0.39, 0.29) is 0 Å². The molecular formula is C16H27NO. The zero-order chi connectivity index (χ0) is 13.4. The van der Waals surface area contributed by atoms with E-state index in [2.05, 4.69) is 51.2 Å². The number of benzene rings is 1. The van der Waals surface area contributed by atoms with Gasteiger partial charge in [-0.1, -0.05) is 37.6 Å². The molecule has 0 saturated heterocycles. The highest BCUT2D eigenvalue weighted by molar-refractivity contribution is 5.30. The zero-order valence-electron chi connectivity index (χ0n) is 12.3. The summed E-state index contributed by atoms with van der Waals surface area (Å²) in [5.74, 6) is 0.632. The van der Waals surface area contributed by atoms with Crippen LogP contribution >= 0.6 is 0 Å². The van der Waals surface area contributed by atoms with Gasteiger partial charge in [-0.15, -0.1) is 0 Å². The Morgan fingerprint density at radius 2 is 2.00 bits per heavy atom. The fourth-order valence-corrected chi connectivity index (χ4v) is 1.83. The molecule has 0 aliphatic heterocycles. The minimum absolute atomic E-state index is 0.632. The molecule has 1 aromatic carbocycles. The van der Waals surface area contributed by atoms with Crippen molar-refractivity contribution in [2.45, 2.75) is 40.7 Å². The minimum Gasteiger partial charge on any atom is -0.381 e. The van der Waals surface area contributed by atoms with Gasteiger partial charge in [0, 0.05) is 19.8 Å². The van der Waals surface area contributed by atoms with Crippen LogP contribution < -0.4 is 5.32 Å². The van der Waals surface area contributed by atoms with Crippen LogP contribution in [0.3, 0.4) is 0 Å². The van der Waals surface area contributed by atoms with E-state index >= 15 is 0 Å². The topological polar surface area (TPSA) is 21.3 Å². The third-order valence-electron chi connectivity index (χ3n) is 2.91. The Morgan fingerprint density at radius 3 is 2.72 bits per heavy atom. The van der Waals surface area contributed by atoms with Crippen LogP contribution in [0.1, 0.15) is 37.0 Å². The van der Waals surface area contributed by atoms with E-state index in [1.165, 1.54) is 16.7 Å². The van der Waals surface area contributed by atoms with Gasteiger partial charge in [-0.3, -0.25) is 0 Å². The maximum absolute atomic E-state index is 5.55. The van der Waals surface area contributed by atoms with Crippen LogP contribution in [0.15, 0.2) is 18.2 Å². The Morgan fingerprint density at radius 1 is 1.22 bits per heavy atom. The second-order valence-electron chi connectivity index (χ2n) is 5.43. The summed E-state index contributed by atoms with van der Waals surface area (Å²) in [4.78, 5) is 0. The van der Waals surface area contributed by atoms with Crippen molar-refractivity contribution in [1.29, 1.82) is 0 Å². The predicted molar refractivity (Wildman–Crippen MR) is 77.9 cm³/mol. The van der Waals surface area contributed by atoms with Crippen molar-refractivity contribution in [2.75, 3.05) is 19.8 Å². The van der Waals surface area contributed by atoms with Crippen molar-refractivity contribution in [3.8, 4) is 0 Å². The van der Waals surface area contributed by atoms with Crippen LogP contribution in [-0.4, -0.2) is 19.8 Å². The van der Waals surface area contributed by atoms with Crippen molar-refractivity contribution < 1.29 is 4.74 Å². The third-order valence-corrected chi connectivity index (χ3v) is 2.91. The summed E-state index contributed by atoms with van der Waals surface area (Å²) in [6, 6.07) is 6.62. The first kappa shape index (κ1) is 15.2. The Balaban J connectivity index is 2.12. The first-order valence-electron chi connectivity index (χ1n) is 6.94. The number of nitrogens with one attached hydrogen (secondary N) is 1. The van der Waals surface area contributed by atoms with E-state index in [1.54, 1.807) is 0 Å². The van der Waals surface area contributed by atoms with Crippen LogP contribution in [0.4, 0.5) is 0 Å². The van der Waals surface area contributed by atoms with Gasteiger partial charge in [-0.25, -0.2) is 0 Å².